The Balaban J connectivity index is 1.81. The zero-order valence-corrected chi connectivity index (χ0v) is 18.5. The molecule has 1 atom stereocenters. The minimum absolute atomic E-state index is 0.203. The van der Waals surface area contributed by atoms with Gasteiger partial charge in [0.25, 0.3) is 5.91 Å². The number of alkyl halides is 3. The molecule has 1 saturated carbocycles. The largest absolute Gasteiger partial charge is 0.419 e. The summed E-state index contributed by atoms with van der Waals surface area (Å²) in [6, 6.07) is 11.2. The highest BCUT2D eigenvalue weighted by Crippen LogP contribution is 2.55. The maximum Gasteiger partial charge on any atom is 0.419 e. The Morgan fingerprint density at radius 2 is 1.82 bits per heavy atom. The molecule has 0 bridgehead atoms. The van der Waals surface area contributed by atoms with Gasteiger partial charge in [0.05, 0.1) is 30.5 Å². The van der Waals surface area contributed by atoms with E-state index in [4.69, 9.17) is 21.6 Å². The van der Waals surface area contributed by atoms with Crippen LogP contribution >= 0.6 is 0 Å². The van der Waals surface area contributed by atoms with Crippen molar-refractivity contribution in [2.24, 2.45) is 16.9 Å². The fourth-order valence-corrected chi connectivity index (χ4v) is 3.68. The van der Waals surface area contributed by atoms with Gasteiger partial charge in [-0.1, -0.05) is 43.3 Å². The first kappa shape index (κ1) is 25.2. The number of amides is 1. The normalized spacial score (nSPS) is 16.4. The van der Waals surface area contributed by atoms with Gasteiger partial charge in [0.2, 0.25) is 0 Å². The van der Waals surface area contributed by atoms with Crippen LogP contribution in [0.4, 0.5) is 17.6 Å². The van der Waals surface area contributed by atoms with E-state index < -0.39 is 34.9 Å². The molecule has 10 heteroatoms. The fourth-order valence-electron chi connectivity index (χ4n) is 3.68. The molecule has 0 spiro atoms. The number of hydrogen-bond donors (Lipinski definition) is 4. The molecule has 182 valence electrons. The molecule has 0 radical (unpaired) electrons. The van der Waals surface area contributed by atoms with E-state index in [1.54, 1.807) is 0 Å². The maximum atomic E-state index is 14.2. The van der Waals surface area contributed by atoms with E-state index in [0.29, 0.717) is 18.9 Å². The molecule has 0 aliphatic heterocycles. The van der Waals surface area contributed by atoms with E-state index in [0.717, 1.165) is 11.6 Å². The number of nitrogens with one attached hydrogen (secondary N) is 2. The summed E-state index contributed by atoms with van der Waals surface area (Å²) in [6.07, 6.45) is -3.39. The summed E-state index contributed by atoms with van der Waals surface area (Å²) in [5.74, 6) is -2.59. The van der Waals surface area contributed by atoms with Crippen molar-refractivity contribution in [1.29, 1.82) is 5.41 Å². The van der Waals surface area contributed by atoms with Crippen molar-refractivity contribution in [3.63, 3.8) is 0 Å². The molecule has 0 aromatic heterocycles. The van der Waals surface area contributed by atoms with Gasteiger partial charge >= 0.3 is 6.18 Å². The molecule has 1 aliphatic carbocycles. The van der Waals surface area contributed by atoms with Crippen molar-refractivity contribution in [3.8, 4) is 0 Å². The predicted molar refractivity (Wildman–Crippen MR) is 119 cm³/mol. The summed E-state index contributed by atoms with van der Waals surface area (Å²) in [5, 5.41) is 11.1. The Morgan fingerprint density at radius 1 is 1.18 bits per heavy atom. The van der Waals surface area contributed by atoms with Gasteiger partial charge in [0.1, 0.15) is 17.2 Å². The Morgan fingerprint density at radius 3 is 2.35 bits per heavy atom. The highest BCUT2D eigenvalue weighted by molar-refractivity contribution is 6.20. The fraction of sp³-hybridized carbons (Fsp3) is 0.333. The van der Waals surface area contributed by atoms with Gasteiger partial charge < -0.3 is 26.9 Å². The van der Waals surface area contributed by atoms with Crippen molar-refractivity contribution >= 4 is 11.6 Å². The van der Waals surface area contributed by atoms with E-state index in [2.05, 4.69) is 5.32 Å². The highest BCUT2D eigenvalue weighted by atomic mass is 19.4. The van der Waals surface area contributed by atoms with E-state index in [1.807, 2.05) is 37.3 Å². The third-order valence-electron chi connectivity index (χ3n) is 5.84. The number of primary amides is 1. The lowest BCUT2D eigenvalue weighted by atomic mass is 9.90. The lowest BCUT2D eigenvalue weighted by Gasteiger charge is -2.28. The van der Waals surface area contributed by atoms with E-state index in [9.17, 15) is 22.4 Å². The molecule has 2 aromatic rings. The first-order valence-corrected chi connectivity index (χ1v) is 10.5. The first-order chi connectivity index (χ1) is 15.9. The summed E-state index contributed by atoms with van der Waals surface area (Å²) in [6.45, 7) is 1.83. The molecular weight excluding hydrogens is 452 g/mol. The molecule has 0 saturated heterocycles. The van der Waals surface area contributed by atoms with Crippen LogP contribution in [0.5, 0.6) is 0 Å². The van der Waals surface area contributed by atoms with Crippen molar-refractivity contribution in [1.82, 2.24) is 5.32 Å². The third-order valence-corrected chi connectivity index (χ3v) is 5.84. The van der Waals surface area contributed by atoms with Gasteiger partial charge in [0.15, 0.2) is 0 Å². The van der Waals surface area contributed by atoms with Crippen molar-refractivity contribution < 1.29 is 27.1 Å². The zero-order valence-electron chi connectivity index (χ0n) is 18.5. The number of nitrogens with two attached hydrogens (primary N) is 2. The van der Waals surface area contributed by atoms with Gasteiger partial charge in [-0.25, -0.2) is 4.39 Å². The monoisotopic (exact) mass is 478 g/mol. The van der Waals surface area contributed by atoms with Crippen LogP contribution < -0.4 is 16.8 Å². The van der Waals surface area contributed by atoms with Crippen LogP contribution in [0.25, 0.3) is 0 Å². The molecule has 1 aliphatic rings. The summed E-state index contributed by atoms with van der Waals surface area (Å²) in [5.41, 5.74) is 10.3. The average molecular weight is 478 g/mol. The zero-order chi connectivity index (χ0) is 25.1. The molecule has 1 unspecified atom stereocenters. The van der Waals surface area contributed by atoms with Gasteiger partial charge in [-0.3, -0.25) is 4.79 Å². The Hall–Kier alpha value is -3.40. The number of benzene rings is 2. The van der Waals surface area contributed by atoms with Gasteiger partial charge in [-0.2, -0.15) is 13.2 Å². The molecule has 3 rings (SSSR count). The van der Waals surface area contributed by atoms with E-state index in [1.165, 1.54) is 6.07 Å². The summed E-state index contributed by atoms with van der Waals surface area (Å²) >= 11 is 0. The molecule has 6 N–H and O–H groups in total. The molecule has 6 nitrogen and oxygen atoms in total. The van der Waals surface area contributed by atoms with Crippen molar-refractivity contribution in [2.45, 2.75) is 38.6 Å². The van der Waals surface area contributed by atoms with Crippen molar-refractivity contribution in [2.75, 3.05) is 6.61 Å². The van der Waals surface area contributed by atoms with Crippen LogP contribution in [0.2, 0.25) is 0 Å². The summed E-state index contributed by atoms with van der Waals surface area (Å²) < 4.78 is 58.6. The molecule has 1 amide bonds. The minimum Gasteiger partial charge on any atom is -0.385 e. The quantitative estimate of drug-likeness (QED) is 0.233. The Kier molecular flexibility index (Phi) is 7.30. The third kappa shape index (κ3) is 5.93. The van der Waals surface area contributed by atoms with Gasteiger partial charge in [-0.05, 0) is 41.5 Å². The number of halogens is 4. The van der Waals surface area contributed by atoms with Crippen molar-refractivity contribution in [3.05, 3.63) is 82.4 Å². The SMILES string of the molecule is CC1(C(N/C(N)=C(\C(=N)COCc2ccccc2)C(N)=O)c2ccc(C(F)(F)F)c(F)c2)CC1. The number of carbonyl (C=O) groups excluding carboxylic acids is 1. The molecule has 0 heterocycles. The predicted octanol–water partition coefficient (Wildman–Crippen LogP) is 4.17. The lowest BCUT2D eigenvalue weighted by molar-refractivity contribution is -0.140. The van der Waals surface area contributed by atoms with Crippen LogP contribution in [0, 0.1) is 16.6 Å². The van der Waals surface area contributed by atoms with Crippen LogP contribution in [0.3, 0.4) is 0 Å². The average Bonchev–Trinajstić information content (AvgIpc) is 3.49. The molecule has 1 fully saturated rings. The second-order valence-electron chi connectivity index (χ2n) is 8.58. The lowest BCUT2D eigenvalue weighted by Crippen LogP contribution is -2.37. The van der Waals surface area contributed by atoms with Gasteiger partial charge in [-0.15, -0.1) is 0 Å². The molecule has 2 aromatic carbocycles. The number of rotatable bonds is 10. The van der Waals surface area contributed by atoms with Gasteiger partial charge in [0, 0.05) is 0 Å². The number of ether oxygens (including phenoxy) is 1. The van der Waals surface area contributed by atoms with Crippen LogP contribution in [-0.2, 0) is 22.3 Å². The topological polar surface area (TPSA) is 114 Å². The van der Waals surface area contributed by atoms with Crippen LogP contribution in [0.15, 0.2) is 59.9 Å². The smallest absolute Gasteiger partial charge is 0.385 e. The minimum atomic E-state index is -4.82. The van der Waals surface area contributed by atoms with Crippen LogP contribution in [-0.4, -0.2) is 18.2 Å². The number of carbonyl (C=O) groups is 1. The Labute approximate surface area is 194 Å². The standard InChI is InChI=1S/C24H26F4N4O2/c1-23(9-10-23)20(15-7-8-16(17(25)11-15)24(26,27)28)32-21(30)19(22(31)33)18(29)13-34-12-14-5-3-2-4-6-14/h2-8,11,20,29,32H,9-10,12-13,30H2,1H3,(H2,31,33)/b21-19+,29-18?. The Bertz CT molecular complexity index is 1100. The van der Waals surface area contributed by atoms with E-state index in [-0.39, 0.29) is 35.9 Å². The molecule has 34 heavy (non-hydrogen) atoms. The second kappa shape index (κ2) is 9.84. The van der Waals surface area contributed by atoms with Crippen LogP contribution in [0.1, 0.15) is 42.5 Å². The molecular formula is C24H26F4N4O2. The number of hydrogen-bond acceptors (Lipinski definition) is 5. The summed E-state index contributed by atoms with van der Waals surface area (Å²) in [7, 11) is 0. The second-order valence-corrected chi connectivity index (χ2v) is 8.58. The summed E-state index contributed by atoms with van der Waals surface area (Å²) in [4.78, 5) is 12.1. The van der Waals surface area contributed by atoms with E-state index >= 15 is 0 Å². The first-order valence-electron chi connectivity index (χ1n) is 10.5. The highest BCUT2D eigenvalue weighted by Gasteiger charge is 2.46. The maximum absolute atomic E-state index is 14.2.